The number of rotatable bonds is 6. The smallest absolute Gasteiger partial charge is 0.253 e. The molecule has 0 aliphatic carbocycles. The van der Waals surface area contributed by atoms with Crippen LogP contribution < -0.4 is 5.32 Å². The lowest BCUT2D eigenvalue weighted by Gasteiger charge is -2.14. The molecule has 0 spiro atoms. The van der Waals surface area contributed by atoms with Crippen LogP contribution in [0.25, 0.3) is 21.9 Å². The topological polar surface area (TPSA) is 119 Å². The summed E-state index contributed by atoms with van der Waals surface area (Å²) in [5.41, 5.74) is 3.70. The van der Waals surface area contributed by atoms with Crippen LogP contribution in [0.5, 0.6) is 0 Å². The summed E-state index contributed by atoms with van der Waals surface area (Å²) in [6, 6.07) is 5.61. The van der Waals surface area contributed by atoms with Crippen LogP contribution in [0.1, 0.15) is 59.5 Å². The normalized spacial score (nSPS) is 12.5. The van der Waals surface area contributed by atoms with Gasteiger partial charge in [0.25, 0.3) is 5.91 Å². The number of aromatic nitrogens is 8. The lowest BCUT2D eigenvalue weighted by molar-refractivity contribution is 0.0938. The third-order valence-corrected chi connectivity index (χ3v) is 6.45. The molecule has 0 radical (unpaired) electrons. The zero-order valence-electron chi connectivity index (χ0n) is 18.6. The highest BCUT2D eigenvalue weighted by Gasteiger charge is 2.21. The van der Waals surface area contributed by atoms with Gasteiger partial charge in [-0.25, -0.2) is 9.67 Å². The van der Waals surface area contributed by atoms with E-state index >= 15 is 0 Å². The standard InChI is InChI=1S/C22H23N9OS/c1-12(2)17-9-25-29-31(17)16-7-15(22(32)27-14(4)20-24-11-26-28-20)10-30-18(8-23-21(16)30)19-6-5-13(3)33-19/h5-12,14H,1-4H3,(H,27,32)(H,24,26,28)/t14-/m0/s1. The minimum Gasteiger partial charge on any atom is -0.342 e. The van der Waals surface area contributed by atoms with Crippen molar-refractivity contribution >= 4 is 22.9 Å². The molecule has 5 rings (SSSR count). The van der Waals surface area contributed by atoms with Crippen molar-refractivity contribution in [3.05, 3.63) is 65.1 Å². The molecule has 10 nitrogen and oxygen atoms in total. The summed E-state index contributed by atoms with van der Waals surface area (Å²) in [5.74, 6) is 0.536. The van der Waals surface area contributed by atoms with Gasteiger partial charge in [0.1, 0.15) is 12.0 Å². The van der Waals surface area contributed by atoms with Gasteiger partial charge in [-0.05, 0) is 38.0 Å². The number of carbonyl (C=O) groups excluding carboxylic acids is 1. The van der Waals surface area contributed by atoms with Gasteiger partial charge in [-0.2, -0.15) is 0 Å². The number of carbonyl (C=O) groups is 1. The zero-order valence-corrected chi connectivity index (χ0v) is 19.5. The number of hydrogen-bond acceptors (Lipinski definition) is 7. The SMILES string of the molecule is Cc1ccc(-c2cnc3c(-n4nncc4C(C)C)cc(C(=O)N[C@@H](C)c4nnc[nH]4)cn23)s1. The Morgan fingerprint density at radius 2 is 2.03 bits per heavy atom. The Hall–Kier alpha value is -3.86. The van der Waals surface area contributed by atoms with Crippen LogP contribution in [-0.4, -0.2) is 45.5 Å². The maximum absolute atomic E-state index is 13.3. The van der Waals surface area contributed by atoms with Crippen LogP contribution in [0.15, 0.2) is 43.1 Å². The number of aryl methyl sites for hydroxylation is 1. The second kappa shape index (κ2) is 8.24. The number of aromatic amines is 1. The molecule has 0 saturated carbocycles. The molecule has 168 valence electrons. The lowest BCUT2D eigenvalue weighted by atomic mass is 10.1. The Morgan fingerprint density at radius 3 is 2.73 bits per heavy atom. The number of pyridine rings is 1. The second-order valence-electron chi connectivity index (χ2n) is 8.16. The molecule has 33 heavy (non-hydrogen) atoms. The molecule has 5 aromatic rings. The predicted octanol–water partition coefficient (Wildman–Crippen LogP) is 3.68. The average molecular weight is 462 g/mol. The van der Waals surface area contributed by atoms with Crippen LogP contribution in [0.3, 0.4) is 0 Å². The molecule has 1 amide bonds. The Morgan fingerprint density at radius 1 is 1.18 bits per heavy atom. The molecule has 0 unspecified atom stereocenters. The van der Waals surface area contributed by atoms with Crippen LogP contribution in [0, 0.1) is 6.92 Å². The van der Waals surface area contributed by atoms with Gasteiger partial charge in [-0.1, -0.05) is 19.1 Å². The van der Waals surface area contributed by atoms with Crippen molar-refractivity contribution in [1.82, 2.24) is 44.9 Å². The van der Waals surface area contributed by atoms with Gasteiger partial charge >= 0.3 is 0 Å². The number of nitrogens with one attached hydrogen (secondary N) is 2. The summed E-state index contributed by atoms with van der Waals surface area (Å²) in [6.45, 7) is 8.07. The van der Waals surface area contributed by atoms with Crippen molar-refractivity contribution in [3.8, 4) is 16.3 Å². The first-order valence-corrected chi connectivity index (χ1v) is 11.4. The first-order chi connectivity index (χ1) is 15.9. The molecule has 5 aromatic heterocycles. The van der Waals surface area contributed by atoms with E-state index < -0.39 is 0 Å². The number of H-pyrrole nitrogens is 1. The molecule has 0 fully saturated rings. The van der Waals surface area contributed by atoms with Crippen molar-refractivity contribution in [2.45, 2.75) is 39.7 Å². The van der Waals surface area contributed by atoms with Gasteiger partial charge in [0.2, 0.25) is 0 Å². The van der Waals surface area contributed by atoms with Crippen LogP contribution in [-0.2, 0) is 0 Å². The van der Waals surface area contributed by atoms with Crippen molar-refractivity contribution in [2.24, 2.45) is 0 Å². The van der Waals surface area contributed by atoms with Crippen LogP contribution in [0.2, 0.25) is 0 Å². The van der Waals surface area contributed by atoms with Crippen LogP contribution in [0.4, 0.5) is 0 Å². The Labute approximate surface area is 193 Å². The van der Waals surface area contributed by atoms with Crippen molar-refractivity contribution in [1.29, 1.82) is 0 Å². The quantitative estimate of drug-likeness (QED) is 0.398. The van der Waals surface area contributed by atoms with E-state index in [4.69, 9.17) is 0 Å². The Balaban J connectivity index is 1.66. The molecule has 0 aromatic carbocycles. The average Bonchev–Trinajstić information content (AvgIpc) is 3.59. The summed E-state index contributed by atoms with van der Waals surface area (Å²) in [4.78, 5) is 23.2. The second-order valence-corrected chi connectivity index (χ2v) is 9.44. The summed E-state index contributed by atoms with van der Waals surface area (Å²) in [6.07, 6.45) is 6.87. The van der Waals surface area contributed by atoms with Gasteiger partial charge in [-0.15, -0.1) is 26.6 Å². The van der Waals surface area contributed by atoms with Gasteiger partial charge in [0.05, 0.1) is 40.3 Å². The van der Waals surface area contributed by atoms with Crippen LogP contribution >= 0.6 is 11.3 Å². The van der Waals surface area contributed by atoms with E-state index in [1.807, 2.05) is 23.7 Å². The fraction of sp³-hybridized carbons (Fsp3) is 0.273. The molecule has 11 heteroatoms. The largest absolute Gasteiger partial charge is 0.342 e. The molecule has 0 bridgehead atoms. The summed E-state index contributed by atoms with van der Waals surface area (Å²) in [7, 11) is 0. The van der Waals surface area contributed by atoms with E-state index in [-0.39, 0.29) is 17.9 Å². The number of fused-ring (bicyclic) bond motifs is 1. The highest BCUT2D eigenvalue weighted by Crippen LogP contribution is 2.31. The van der Waals surface area contributed by atoms with Gasteiger partial charge in [-0.3, -0.25) is 9.20 Å². The van der Waals surface area contributed by atoms with Gasteiger partial charge in [0, 0.05) is 11.1 Å². The minimum atomic E-state index is -0.334. The van der Waals surface area contributed by atoms with Gasteiger partial charge < -0.3 is 10.3 Å². The first-order valence-electron chi connectivity index (χ1n) is 10.6. The summed E-state index contributed by atoms with van der Waals surface area (Å²) in [5, 5.41) is 19.2. The molecule has 0 aliphatic rings. The number of amides is 1. The maximum atomic E-state index is 13.3. The Bertz CT molecular complexity index is 1430. The molecule has 5 heterocycles. The van der Waals surface area contributed by atoms with Gasteiger partial charge in [0.15, 0.2) is 11.5 Å². The fourth-order valence-electron chi connectivity index (χ4n) is 3.70. The number of hydrogen-bond donors (Lipinski definition) is 2. The van der Waals surface area contributed by atoms with E-state index in [9.17, 15) is 4.79 Å². The first kappa shape index (κ1) is 21.0. The zero-order chi connectivity index (χ0) is 23.1. The maximum Gasteiger partial charge on any atom is 0.253 e. The lowest BCUT2D eigenvalue weighted by Crippen LogP contribution is -2.28. The van der Waals surface area contributed by atoms with Crippen molar-refractivity contribution in [2.75, 3.05) is 0 Å². The number of thiophene rings is 1. The Kier molecular flexibility index (Phi) is 5.25. The van der Waals surface area contributed by atoms with E-state index in [1.165, 1.54) is 11.2 Å². The molecule has 0 aliphatic heterocycles. The van der Waals surface area contributed by atoms with Crippen molar-refractivity contribution < 1.29 is 4.79 Å². The van der Waals surface area contributed by atoms with E-state index in [2.05, 4.69) is 68.7 Å². The predicted molar refractivity (Wildman–Crippen MR) is 125 cm³/mol. The third kappa shape index (κ3) is 3.80. The molecular weight excluding hydrogens is 438 g/mol. The molecule has 0 saturated heterocycles. The summed E-state index contributed by atoms with van der Waals surface area (Å²) < 4.78 is 3.70. The van der Waals surface area contributed by atoms with Crippen molar-refractivity contribution in [3.63, 3.8) is 0 Å². The fourth-order valence-corrected chi connectivity index (χ4v) is 4.58. The highest BCUT2D eigenvalue weighted by atomic mass is 32.1. The summed E-state index contributed by atoms with van der Waals surface area (Å²) >= 11 is 1.68. The molecule has 1 atom stereocenters. The number of imidazole rings is 1. The number of nitrogens with zero attached hydrogens (tertiary/aromatic N) is 7. The van der Waals surface area contributed by atoms with E-state index in [0.717, 1.165) is 16.3 Å². The monoisotopic (exact) mass is 461 g/mol. The molecular formula is C22H23N9OS. The third-order valence-electron chi connectivity index (χ3n) is 5.43. The van der Waals surface area contributed by atoms with E-state index in [1.54, 1.807) is 28.3 Å². The highest BCUT2D eigenvalue weighted by molar-refractivity contribution is 7.15. The van der Waals surface area contributed by atoms with E-state index in [0.29, 0.717) is 22.7 Å². The molecule has 2 N–H and O–H groups in total. The minimum absolute atomic E-state index is 0.193.